The van der Waals surface area contributed by atoms with Gasteiger partial charge in [-0.3, -0.25) is 0 Å². The second kappa shape index (κ2) is 9.90. The maximum Gasteiger partial charge on any atom is 3.00 e. The van der Waals surface area contributed by atoms with E-state index >= 15 is 0 Å². The molecule has 0 aliphatic carbocycles. The van der Waals surface area contributed by atoms with Gasteiger partial charge in [-0.1, -0.05) is 49.7 Å². The predicted octanol–water partition coefficient (Wildman–Crippen LogP) is -0.313. The molecule has 0 aliphatic heterocycles. The van der Waals surface area contributed by atoms with Crippen LogP contribution < -0.4 is 29.7 Å². The van der Waals surface area contributed by atoms with E-state index in [1.54, 1.807) is 0 Å². The molecule has 3 aromatic carbocycles. The van der Waals surface area contributed by atoms with Crippen LogP contribution in [-0.2, 0) is 26.2 Å². The average Bonchev–Trinajstić information content (AvgIpc) is 2.85. The monoisotopic (exact) mass is 438 g/mol. The van der Waals surface area contributed by atoms with Gasteiger partial charge in [-0.15, -0.1) is 33.7 Å². The van der Waals surface area contributed by atoms with Gasteiger partial charge in [-0.2, -0.15) is 0 Å². The van der Waals surface area contributed by atoms with E-state index in [1.165, 1.54) is 32.8 Å². The summed E-state index contributed by atoms with van der Waals surface area (Å²) in [7, 11) is 0. The Balaban J connectivity index is 0.00000176. The molecule has 127 valence electrons. The van der Waals surface area contributed by atoms with Crippen LogP contribution >= 0.6 is 0 Å². The summed E-state index contributed by atoms with van der Waals surface area (Å²) in [6.45, 7) is 11.0. The van der Waals surface area contributed by atoms with Gasteiger partial charge in [-0.05, 0) is 19.8 Å². The molecule has 3 aromatic rings. The zero-order valence-corrected chi connectivity index (χ0v) is 18.7. The standard InChI is InChI=1S/C20H24N.2ClH.Zr/c1-5-21(6-2)18-8-10-20-17(13-18)12-16-11-15(14(3)4)7-9-19(16)20;;;/h7-14H,5-6H2,1-4H3;2*1H;/q-1;;;+3/p-2. The Morgan fingerprint density at radius 3 is 1.96 bits per heavy atom. The molecule has 0 atom stereocenters. The summed E-state index contributed by atoms with van der Waals surface area (Å²) in [6.07, 6.45) is 0. The van der Waals surface area contributed by atoms with Crippen LogP contribution in [0.4, 0.5) is 5.69 Å². The summed E-state index contributed by atoms with van der Waals surface area (Å²) in [4.78, 5) is 2.40. The Morgan fingerprint density at radius 2 is 1.42 bits per heavy atom. The number of nitrogens with zero attached hydrogens (tertiary/aromatic N) is 1. The Labute approximate surface area is 177 Å². The van der Waals surface area contributed by atoms with Gasteiger partial charge in [0.2, 0.25) is 0 Å². The van der Waals surface area contributed by atoms with E-state index in [4.69, 9.17) is 0 Å². The third kappa shape index (κ3) is 4.40. The number of fused-ring (bicyclic) bond motifs is 3. The number of benzene rings is 2. The minimum absolute atomic E-state index is 0. The second-order valence-electron chi connectivity index (χ2n) is 6.09. The maximum atomic E-state index is 2.40. The zero-order chi connectivity index (χ0) is 15.0. The first kappa shape index (κ1) is 23.6. The topological polar surface area (TPSA) is 3.24 Å². The quantitative estimate of drug-likeness (QED) is 0.503. The molecule has 1 radical (unpaired) electrons. The van der Waals surface area contributed by atoms with Crippen LogP contribution in [0.2, 0.25) is 0 Å². The molecule has 0 N–H and O–H groups in total. The normalized spacial score (nSPS) is 10.2. The molecule has 0 saturated carbocycles. The molecule has 0 saturated heterocycles. The first-order valence-corrected chi connectivity index (χ1v) is 8.02. The summed E-state index contributed by atoms with van der Waals surface area (Å²) >= 11 is 0. The van der Waals surface area contributed by atoms with Crippen LogP contribution in [0.25, 0.3) is 21.5 Å². The van der Waals surface area contributed by atoms with Crippen LogP contribution in [0, 0.1) is 0 Å². The van der Waals surface area contributed by atoms with Gasteiger partial charge in [0.05, 0.1) is 0 Å². The van der Waals surface area contributed by atoms with E-state index in [0.717, 1.165) is 13.1 Å². The van der Waals surface area contributed by atoms with E-state index < -0.39 is 0 Å². The molecule has 0 amide bonds. The number of anilines is 1. The minimum Gasteiger partial charge on any atom is -1.00 e. The molecule has 0 spiro atoms. The Morgan fingerprint density at radius 1 is 0.875 bits per heavy atom. The molecule has 0 unspecified atom stereocenters. The van der Waals surface area contributed by atoms with Gasteiger partial charge < -0.3 is 29.7 Å². The van der Waals surface area contributed by atoms with Crippen LogP contribution in [0.1, 0.15) is 39.2 Å². The molecule has 1 nitrogen and oxygen atoms in total. The van der Waals surface area contributed by atoms with Gasteiger partial charge in [-0.25, -0.2) is 0 Å². The second-order valence-corrected chi connectivity index (χ2v) is 6.09. The largest absolute Gasteiger partial charge is 3.00 e. The fourth-order valence-corrected chi connectivity index (χ4v) is 3.17. The molecule has 0 heterocycles. The van der Waals surface area contributed by atoms with Crippen molar-refractivity contribution in [2.24, 2.45) is 0 Å². The van der Waals surface area contributed by atoms with Crippen molar-refractivity contribution in [2.45, 2.75) is 33.6 Å². The average molecular weight is 441 g/mol. The summed E-state index contributed by atoms with van der Waals surface area (Å²) < 4.78 is 0. The first-order valence-electron chi connectivity index (χ1n) is 8.02. The van der Waals surface area contributed by atoms with E-state index in [9.17, 15) is 0 Å². The fourth-order valence-electron chi connectivity index (χ4n) is 3.17. The van der Waals surface area contributed by atoms with Crippen LogP contribution in [0.5, 0.6) is 0 Å². The molecular weight excluding hydrogens is 416 g/mol. The Hall–Kier alpha value is -0.427. The number of halogens is 2. The first-order chi connectivity index (χ1) is 10.1. The van der Waals surface area contributed by atoms with Crippen LogP contribution in [-0.4, -0.2) is 13.1 Å². The molecule has 0 aliphatic rings. The summed E-state index contributed by atoms with van der Waals surface area (Å²) in [5.41, 5.74) is 2.74. The molecular formula is C20H24Cl2NZr. The number of rotatable bonds is 4. The smallest absolute Gasteiger partial charge is 1.00 e. The van der Waals surface area contributed by atoms with Gasteiger partial charge in [0.15, 0.2) is 0 Å². The van der Waals surface area contributed by atoms with E-state index in [-0.39, 0.29) is 51.0 Å². The number of hydrogen-bond donors (Lipinski definition) is 0. The molecule has 24 heavy (non-hydrogen) atoms. The van der Waals surface area contributed by atoms with Gasteiger partial charge in [0.25, 0.3) is 0 Å². The van der Waals surface area contributed by atoms with Crippen molar-refractivity contribution < 1.29 is 51.0 Å². The van der Waals surface area contributed by atoms with E-state index in [1.807, 2.05) is 0 Å². The molecule has 0 bridgehead atoms. The van der Waals surface area contributed by atoms with Gasteiger partial charge in [0, 0.05) is 18.8 Å². The minimum atomic E-state index is 0. The van der Waals surface area contributed by atoms with Crippen molar-refractivity contribution in [3.63, 3.8) is 0 Å². The van der Waals surface area contributed by atoms with Gasteiger partial charge in [0.1, 0.15) is 0 Å². The zero-order valence-electron chi connectivity index (χ0n) is 14.7. The van der Waals surface area contributed by atoms with Crippen LogP contribution in [0.3, 0.4) is 0 Å². The third-order valence-electron chi connectivity index (χ3n) is 4.51. The van der Waals surface area contributed by atoms with E-state index in [0.29, 0.717) is 5.92 Å². The summed E-state index contributed by atoms with van der Waals surface area (Å²) in [5.74, 6) is 0.582. The summed E-state index contributed by atoms with van der Waals surface area (Å²) in [6, 6.07) is 16.1. The molecule has 4 heteroatoms. The van der Waals surface area contributed by atoms with Crippen LogP contribution in [0.15, 0.2) is 42.5 Å². The Kier molecular flexibility index (Phi) is 9.73. The van der Waals surface area contributed by atoms with Crippen molar-refractivity contribution in [1.82, 2.24) is 0 Å². The maximum absolute atomic E-state index is 2.40. The van der Waals surface area contributed by atoms with Crippen molar-refractivity contribution in [1.29, 1.82) is 0 Å². The number of hydrogen-bond acceptors (Lipinski definition) is 1. The van der Waals surface area contributed by atoms with E-state index in [2.05, 4.69) is 75.1 Å². The SMILES string of the molecule is CCN(CC)c1ccc2c(c1)[cH-]c1cc(C(C)C)ccc12.[Cl-].[Cl-].[Zr+3]. The molecule has 0 fully saturated rings. The Bertz CT molecular complexity index is 776. The van der Waals surface area contributed by atoms with Gasteiger partial charge >= 0.3 is 26.2 Å². The van der Waals surface area contributed by atoms with Crippen molar-refractivity contribution in [2.75, 3.05) is 18.0 Å². The molecule has 3 rings (SSSR count). The van der Waals surface area contributed by atoms with Crippen molar-refractivity contribution >= 4 is 27.2 Å². The molecule has 0 aromatic heterocycles. The summed E-state index contributed by atoms with van der Waals surface area (Å²) in [5, 5.41) is 5.47. The van der Waals surface area contributed by atoms with Crippen molar-refractivity contribution in [3.8, 4) is 0 Å². The van der Waals surface area contributed by atoms with Crippen molar-refractivity contribution in [3.05, 3.63) is 48.0 Å². The third-order valence-corrected chi connectivity index (χ3v) is 4.51. The fraction of sp³-hybridized carbons (Fsp3) is 0.350. The predicted molar refractivity (Wildman–Crippen MR) is 94.7 cm³/mol.